The second-order valence-electron chi connectivity index (χ2n) is 9.06. The van der Waals surface area contributed by atoms with Crippen LogP contribution in [-0.4, -0.2) is 36.0 Å². The van der Waals surface area contributed by atoms with Gasteiger partial charge in [0.15, 0.2) is 0 Å². The molecule has 2 saturated heterocycles. The van der Waals surface area contributed by atoms with Crippen LogP contribution >= 0.6 is 24.8 Å². The molecule has 0 aliphatic carbocycles. The molecule has 0 radical (unpaired) electrons. The molecule has 4 rings (SSSR count). The maximum Gasteiger partial charge on any atom is 0.0234 e. The lowest BCUT2D eigenvalue weighted by atomic mass is 9.65. The average molecular weight is 407 g/mol. The van der Waals surface area contributed by atoms with Gasteiger partial charge in [0.05, 0.1) is 0 Å². The van der Waals surface area contributed by atoms with E-state index >= 15 is 0 Å². The fraction of sp³-hybridized carbons (Fsp3) is 0.478. The summed E-state index contributed by atoms with van der Waals surface area (Å²) >= 11 is 0. The quantitative estimate of drug-likeness (QED) is 0.682. The zero-order valence-corrected chi connectivity index (χ0v) is 18.1. The molecule has 2 bridgehead atoms. The average Bonchev–Trinajstić information content (AvgIpc) is 2.54. The monoisotopic (exact) mass is 406 g/mol. The van der Waals surface area contributed by atoms with E-state index in [0.29, 0.717) is 10.8 Å². The summed E-state index contributed by atoms with van der Waals surface area (Å²) in [6.07, 6.45) is 1.36. The molecule has 2 fully saturated rings. The van der Waals surface area contributed by atoms with Gasteiger partial charge in [-0.2, -0.15) is 0 Å². The highest BCUT2D eigenvalue weighted by Crippen LogP contribution is 2.46. The Morgan fingerprint density at radius 1 is 0.630 bits per heavy atom. The Hall–Kier alpha value is -1.06. The third-order valence-electron chi connectivity index (χ3n) is 5.77. The lowest BCUT2D eigenvalue weighted by Crippen LogP contribution is -2.61. The van der Waals surface area contributed by atoms with Crippen molar-refractivity contribution in [1.82, 2.24) is 9.80 Å². The maximum atomic E-state index is 2.69. The van der Waals surface area contributed by atoms with Crippen molar-refractivity contribution < 1.29 is 0 Å². The topological polar surface area (TPSA) is 6.48 Å². The molecule has 4 heteroatoms. The number of fused-ring (bicyclic) bond motifs is 2. The van der Waals surface area contributed by atoms with Crippen LogP contribution in [0.15, 0.2) is 60.7 Å². The molecule has 2 aliphatic rings. The predicted octanol–water partition coefficient (Wildman–Crippen LogP) is 5.26. The van der Waals surface area contributed by atoms with E-state index in [1.807, 2.05) is 0 Å². The molecule has 0 unspecified atom stereocenters. The Labute approximate surface area is 176 Å². The highest BCUT2D eigenvalue weighted by Gasteiger charge is 2.48. The Kier molecular flexibility index (Phi) is 7.38. The van der Waals surface area contributed by atoms with Crippen LogP contribution in [0.2, 0.25) is 0 Å². The van der Waals surface area contributed by atoms with Gasteiger partial charge >= 0.3 is 0 Å². The molecule has 0 aromatic heterocycles. The highest BCUT2D eigenvalue weighted by molar-refractivity contribution is 5.85. The van der Waals surface area contributed by atoms with E-state index < -0.39 is 0 Å². The molecular weight excluding hydrogens is 375 g/mol. The van der Waals surface area contributed by atoms with Crippen LogP contribution < -0.4 is 0 Å². The second-order valence-corrected chi connectivity index (χ2v) is 9.06. The van der Waals surface area contributed by atoms with Gasteiger partial charge in [-0.05, 0) is 28.4 Å². The van der Waals surface area contributed by atoms with Crippen molar-refractivity contribution in [2.45, 2.75) is 33.4 Å². The number of rotatable bonds is 4. The number of nitrogens with zero attached hydrogens (tertiary/aromatic N) is 2. The van der Waals surface area contributed by atoms with Gasteiger partial charge in [-0.1, -0.05) is 74.5 Å². The number of likely N-dealkylation sites (tertiary alicyclic amines) is 2. The third-order valence-corrected chi connectivity index (χ3v) is 5.77. The molecule has 2 nitrogen and oxygen atoms in total. The van der Waals surface area contributed by atoms with Crippen molar-refractivity contribution in [2.75, 3.05) is 26.2 Å². The van der Waals surface area contributed by atoms with Crippen LogP contribution in [0.1, 0.15) is 31.4 Å². The van der Waals surface area contributed by atoms with Crippen LogP contribution in [0.5, 0.6) is 0 Å². The Morgan fingerprint density at radius 3 is 1.30 bits per heavy atom. The van der Waals surface area contributed by atoms with Crippen LogP contribution in [0.25, 0.3) is 0 Å². The van der Waals surface area contributed by atoms with Gasteiger partial charge in [-0.3, -0.25) is 9.80 Å². The minimum Gasteiger partial charge on any atom is -0.298 e. The van der Waals surface area contributed by atoms with E-state index in [4.69, 9.17) is 0 Å². The SMILES string of the molecule is CC12CN(Cc3ccccc3)CC(C)(CN(Cc3ccccc3)C1)C2.Cl.Cl. The smallest absolute Gasteiger partial charge is 0.0234 e. The lowest BCUT2D eigenvalue weighted by Gasteiger charge is -2.57. The summed E-state index contributed by atoms with van der Waals surface area (Å²) in [5, 5.41) is 0. The Morgan fingerprint density at radius 2 is 0.963 bits per heavy atom. The van der Waals surface area contributed by atoms with Gasteiger partial charge in [0, 0.05) is 39.3 Å². The minimum atomic E-state index is 0. The van der Waals surface area contributed by atoms with Gasteiger partial charge in [0.25, 0.3) is 0 Å². The third kappa shape index (κ3) is 5.48. The summed E-state index contributed by atoms with van der Waals surface area (Å²) in [6.45, 7) is 12.0. The molecule has 2 aromatic rings. The van der Waals surface area contributed by atoms with Crippen molar-refractivity contribution in [1.29, 1.82) is 0 Å². The van der Waals surface area contributed by atoms with Gasteiger partial charge in [-0.25, -0.2) is 0 Å². The molecular formula is C23H32Cl2N2. The van der Waals surface area contributed by atoms with Gasteiger partial charge in [0.1, 0.15) is 0 Å². The summed E-state index contributed by atoms with van der Waals surface area (Å²) < 4.78 is 0. The Balaban J connectivity index is 0.00000131. The minimum absolute atomic E-state index is 0. The molecule has 0 atom stereocenters. The van der Waals surface area contributed by atoms with Crippen molar-refractivity contribution in [3.8, 4) is 0 Å². The summed E-state index contributed by atoms with van der Waals surface area (Å²) in [4.78, 5) is 5.39. The van der Waals surface area contributed by atoms with E-state index in [0.717, 1.165) is 13.1 Å². The number of halogens is 2. The zero-order chi connectivity index (χ0) is 17.3. The first-order chi connectivity index (χ1) is 12.0. The second kappa shape index (κ2) is 8.96. The van der Waals surface area contributed by atoms with Crippen molar-refractivity contribution in [3.05, 3.63) is 71.8 Å². The predicted molar refractivity (Wildman–Crippen MR) is 119 cm³/mol. The first-order valence-electron chi connectivity index (χ1n) is 9.55. The van der Waals surface area contributed by atoms with Crippen LogP contribution in [0.3, 0.4) is 0 Å². The summed E-state index contributed by atoms with van der Waals surface area (Å²) in [5.74, 6) is 0. The molecule has 0 saturated carbocycles. The van der Waals surface area contributed by atoms with Crippen LogP contribution in [0.4, 0.5) is 0 Å². The molecule has 0 amide bonds. The van der Waals surface area contributed by atoms with Gasteiger partial charge in [-0.15, -0.1) is 24.8 Å². The van der Waals surface area contributed by atoms with E-state index in [1.165, 1.54) is 43.7 Å². The summed E-state index contributed by atoms with van der Waals surface area (Å²) in [6, 6.07) is 21.9. The molecule has 148 valence electrons. The van der Waals surface area contributed by atoms with Crippen LogP contribution in [0, 0.1) is 10.8 Å². The fourth-order valence-electron chi connectivity index (χ4n) is 5.53. The normalized spacial score (nSPS) is 28.1. The number of piperidine rings is 2. The van der Waals surface area contributed by atoms with E-state index in [1.54, 1.807) is 0 Å². The van der Waals surface area contributed by atoms with E-state index in [9.17, 15) is 0 Å². The Bertz CT molecular complexity index is 631. The molecule has 2 aromatic carbocycles. The van der Waals surface area contributed by atoms with Gasteiger partial charge < -0.3 is 0 Å². The zero-order valence-electron chi connectivity index (χ0n) is 16.4. The molecule has 2 aliphatic heterocycles. The largest absolute Gasteiger partial charge is 0.298 e. The van der Waals surface area contributed by atoms with E-state index in [-0.39, 0.29) is 24.8 Å². The fourth-order valence-corrected chi connectivity index (χ4v) is 5.53. The summed E-state index contributed by atoms with van der Waals surface area (Å²) in [7, 11) is 0. The first kappa shape index (κ1) is 22.2. The molecule has 0 N–H and O–H groups in total. The highest BCUT2D eigenvalue weighted by atomic mass is 35.5. The lowest BCUT2D eigenvalue weighted by molar-refractivity contribution is -0.0791. The van der Waals surface area contributed by atoms with Crippen LogP contribution in [-0.2, 0) is 13.1 Å². The molecule has 0 spiro atoms. The van der Waals surface area contributed by atoms with Gasteiger partial charge in [0.2, 0.25) is 0 Å². The standard InChI is InChI=1S/C23H30N2.2ClH/c1-22-15-23(2,18-24(16-22)13-20-9-5-3-6-10-20)19-25(17-22)14-21-11-7-4-8-12-21;;/h3-12H,13-19H2,1-2H3;2*1H. The van der Waals surface area contributed by atoms with Crippen molar-refractivity contribution in [2.24, 2.45) is 10.8 Å². The maximum absolute atomic E-state index is 2.69. The van der Waals surface area contributed by atoms with Crippen molar-refractivity contribution >= 4 is 24.8 Å². The molecule has 2 heterocycles. The summed E-state index contributed by atoms with van der Waals surface area (Å²) in [5.41, 5.74) is 3.68. The first-order valence-corrected chi connectivity index (χ1v) is 9.55. The number of hydrogen-bond donors (Lipinski definition) is 0. The number of hydrogen-bond acceptors (Lipinski definition) is 2. The van der Waals surface area contributed by atoms with Crippen molar-refractivity contribution in [3.63, 3.8) is 0 Å². The molecule has 27 heavy (non-hydrogen) atoms. The number of benzene rings is 2. The van der Waals surface area contributed by atoms with E-state index in [2.05, 4.69) is 84.3 Å².